The summed E-state index contributed by atoms with van der Waals surface area (Å²) in [6, 6.07) is 0.552. The Balaban J connectivity index is 1.51. The highest BCUT2D eigenvalue weighted by atomic mass is 16.2. The summed E-state index contributed by atoms with van der Waals surface area (Å²) in [7, 11) is 0. The third kappa shape index (κ3) is 3.71. The number of likely N-dealkylation sites (tertiary alicyclic amines) is 1. The highest BCUT2D eigenvalue weighted by Gasteiger charge is 2.37. The van der Waals surface area contributed by atoms with E-state index in [0.29, 0.717) is 11.6 Å². The predicted octanol–water partition coefficient (Wildman–Crippen LogP) is 2.88. The lowest BCUT2D eigenvalue weighted by Gasteiger charge is -2.45. The average molecular weight is 293 g/mol. The van der Waals surface area contributed by atoms with Crippen molar-refractivity contribution in [2.45, 2.75) is 76.3 Å². The summed E-state index contributed by atoms with van der Waals surface area (Å²) in [5, 5.41) is 7.08. The molecule has 0 aromatic rings. The van der Waals surface area contributed by atoms with Crippen molar-refractivity contribution in [1.29, 1.82) is 0 Å². The lowest BCUT2D eigenvalue weighted by Crippen LogP contribution is -2.58. The van der Waals surface area contributed by atoms with Crippen molar-refractivity contribution < 1.29 is 4.79 Å². The van der Waals surface area contributed by atoms with Crippen LogP contribution in [0.15, 0.2) is 0 Å². The SMILES string of the molecule is CC1CCN(C(=O)NC2CCNC3(CCCCC3)C2)CC1. The molecule has 3 rings (SSSR count). The monoisotopic (exact) mass is 293 g/mol. The molecule has 2 heterocycles. The van der Waals surface area contributed by atoms with Crippen LogP contribution in [-0.4, -0.2) is 42.1 Å². The van der Waals surface area contributed by atoms with Gasteiger partial charge >= 0.3 is 6.03 Å². The van der Waals surface area contributed by atoms with Gasteiger partial charge in [-0.2, -0.15) is 0 Å². The lowest BCUT2D eigenvalue weighted by atomic mass is 9.75. The number of nitrogens with zero attached hydrogens (tertiary/aromatic N) is 1. The van der Waals surface area contributed by atoms with Gasteiger partial charge in [0.1, 0.15) is 0 Å². The van der Waals surface area contributed by atoms with Gasteiger partial charge in [-0.25, -0.2) is 4.79 Å². The van der Waals surface area contributed by atoms with Crippen molar-refractivity contribution in [2.75, 3.05) is 19.6 Å². The van der Waals surface area contributed by atoms with E-state index in [1.54, 1.807) is 0 Å². The van der Waals surface area contributed by atoms with Crippen LogP contribution in [0.5, 0.6) is 0 Å². The number of hydrogen-bond acceptors (Lipinski definition) is 2. The molecule has 0 aromatic carbocycles. The molecule has 0 radical (unpaired) electrons. The second-order valence-corrected chi connectivity index (χ2v) is 7.58. The van der Waals surface area contributed by atoms with Crippen molar-refractivity contribution in [3.8, 4) is 0 Å². The smallest absolute Gasteiger partial charge is 0.317 e. The van der Waals surface area contributed by atoms with E-state index in [9.17, 15) is 4.79 Å². The van der Waals surface area contributed by atoms with Crippen LogP contribution in [0, 0.1) is 5.92 Å². The molecule has 4 heteroatoms. The fourth-order valence-corrected chi connectivity index (χ4v) is 4.37. The highest BCUT2D eigenvalue weighted by Crippen LogP contribution is 2.34. The zero-order valence-electron chi connectivity index (χ0n) is 13.5. The Kier molecular flexibility index (Phi) is 4.72. The van der Waals surface area contributed by atoms with E-state index < -0.39 is 0 Å². The molecule has 1 saturated carbocycles. The molecule has 0 bridgehead atoms. The number of amides is 2. The molecule has 2 N–H and O–H groups in total. The molecule has 2 saturated heterocycles. The second kappa shape index (κ2) is 6.55. The average Bonchev–Trinajstić information content (AvgIpc) is 2.49. The van der Waals surface area contributed by atoms with Gasteiger partial charge in [0.2, 0.25) is 0 Å². The first-order valence-electron chi connectivity index (χ1n) is 8.97. The zero-order valence-corrected chi connectivity index (χ0v) is 13.5. The number of piperidine rings is 2. The normalized spacial score (nSPS) is 30.3. The minimum Gasteiger partial charge on any atom is -0.335 e. The molecule has 1 atom stereocenters. The molecule has 1 unspecified atom stereocenters. The molecule has 2 aliphatic heterocycles. The van der Waals surface area contributed by atoms with Gasteiger partial charge < -0.3 is 15.5 Å². The van der Waals surface area contributed by atoms with Gasteiger partial charge in [-0.15, -0.1) is 0 Å². The Morgan fingerprint density at radius 2 is 1.86 bits per heavy atom. The summed E-state index contributed by atoms with van der Waals surface area (Å²) < 4.78 is 0. The zero-order chi connectivity index (χ0) is 14.7. The molecule has 3 aliphatic rings. The molecule has 1 spiro atoms. The Hall–Kier alpha value is -0.770. The van der Waals surface area contributed by atoms with Crippen LogP contribution < -0.4 is 10.6 Å². The Morgan fingerprint density at radius 3 is 2.57 bits per heavy atom. The molecule has 120 valence electrons. The fourth-order valence-electron chi connectivity index (χ4n) is 4.37. The van der Waals surface area contributed by atoms with Crippen molar-refractivity contribution in [2.24, 2.45) is 5.92 Å². The van der Waals surface area contributed by atoms with E-state index in [4.69, 9.17) is 0 Å². The molecular weight excluding hydrogens is 262 g/mol. The maximum absolute atomic E-state index is 12.4. The number of urea groups is 1. The summed E-state index contributed by atoms with van der Waals surface area (Å²) in [6.45, 7) is 5.21. The maximum atomic E-state index is 12.4. The highest BCUT2D eigenvalue weighted by molar-refractivity contribution is 5.74. The second-order valence-electron chi connectivity index (χ2n) is 7.58. The van der Waals surface area contributed by atoms with Gasteiger partial charge in [-0.3, -0.25) is 0 Å². The Bertz CT molecular complexity index is 352. The number of carbonyl (C=O) groups is 1. The van der Waals surface area contributed by atoms with Crippen molar-refractivity contribution in [3.63, 3.8) is 0 Å². The Labute approximate surface area is 129 Å². The van der Waals surface area contributed by atoms with E-state index in [0.717, 1.165) is 51.2 Å². The van der Waals surface area contributed by atoms with Gasteiger partial charge in [-0.05, 0) is 51.0 Å². The van der Waals surface area contributed by atoms with E-state index in [1.165, 1.54) is 32.1 Å². The van der Waals surface area contributed by atoms with Crippen molar-refractivity contribution in [3.05, 3.63) is 0 Å². The summed E-state index contributed by atoms with van der Waals surface area (Å²) in [6.07, 6.45) is 11.2. The summed E-state index contributed by atoms with van der Waals surface area (Å²) in [4.78, 5) is 14.5. The first-order chi connectivity index (χ1) is 10.2. The number of nitrogens with one attached hydrogen (secondary N) is 2. The molecule has 4 nitrogen and oxygen atoms in total. The third-order valence-electron chi connectivity index (χ3n) is 5.84. The van der Waals surface area contributed by atoms with E-state index >= 15 is 0 Å². The minimum atomic E-state index is 0.180. The standard InChI is InChI=1S/C17H31N3O/c1-14-6-11-20(12-7-14)16(21)19-15-5-10-18-17(13-15)8-3-2-4-9-17/h14-15,18H,2-13H2,1H3,(H,19,21). The van der Waals surface area contributed by atoms with Gasteiger partial charge in [0, 0.05) is 24.7 Å². The maximum Gasteiger partial charge on any atom is 0.317 e. The van der Waals surface area contributed by atoms with Crippen LogP contribution in [0.25, 0.3) is 0 Å². The molecular formula is C17H31N3O. The summed E-state index contributed by atoms with van der Waals surface area (Å²) in [5.74, 6) is 0.776. The summed E-state index contributed by atoms with van der Waals surface area (Å²) in [5.41, 5.74) is 0.324. The minimum absolute atomic E-state index is 0.180. The van der Waals surface area contributed by atoms with E-state index in [2.05, 4.69) is 17.6 Å². The van der Waals surface area contributed by atoms with Gasteiger partial charge in [-0.1, -0.05) is 26.2 Å². The molecule has 0 aromatic heterocycles. The van der Waals surface area contributed by atoms with Crippen LogP contribution >= 0.6 is 0 Å². The van der Waals surface area contributed by atoms with Gasteiger partial charge in [0.15, 0.2) is 0 Å². The van der Waals surface area contributed by atoms with Gasteiger partial charge in [0.25, 0.3) is 0 Å². The molecule has 3 fully saturated rings. The molecule has 2 amide bonds. The van der Waals surface area contributed by atoms with Crippen molar-refractivity contribution in [1.82, 2.24) is 15.5 Å². The fraction of sp³-hybridized carbons (Fsp3) is 0.941. The van der Waals surface area contributed by atoms with Crippen LogP contribution in [-0.2, 0) is 0 Å². The largest absolute Gasteiger partial charge is 0.335 e. The predicted molar refractivity (Wildman–Crippen MR) is 85.3 cm³/mol. The van der Waals surface area contributed by atoms with Crippen molar-refractivity contribution >= 4 is 6.03 Å². The molecule has 1 aliphatic carbocycles. The topological polar surface area (TPSA) is 44.4 Å². The number of carbonyl (C=O) groups excluding carboxylic acids is 1. The first kappa shape index (κ1) is 15.1. The third-order valence-corrected chi connectivity index (χ3v) is 5.84. The molecule has 21 heavy (non-hydrogen) atoms. The first-order valence-corrected chi connectivity index (χ1v) is 8.97. The van der Waals surface area contributed by atoms with Crippen LogP contribution in [0.2, 0.25) is 0 Å². The quantitative estimate of drug-likeness (QED) is 0.781. The Morgan fingerprint density at radius 1 is 1.14 bits per heavy atom. The van der Waals surface area contributed by atoms with Crippen LogP contribution in [0.1, 0.15) is 64.7 Å². The lowest BCUT2D eigenvalue weighted by molar-refractivity contribution is 0.141. The van der Waals surface area contributed by atoms with Crippen LogP contribution in [0.4, 0.5) is 4.79 Å². The van der Waals surface area contributed by atoms with Crippen LogP contribution in [0.3, 0.4) is 0 Å². The summed E-state index contributed by atoms with van der Waals surface area (Å²) >= 11 is 0. The van der Waals surface area contributed by atoms with E-state index in [1.807, 2.05) is 4.90 Å². The van der Waals surface area contributed by atoms with Gasteiger partial charge in [0.05, 0.1) is 0 Å². The number of rotatable bonds is 1. The number of hydrogen-bond donors (Lipinski definition) is 2. The van der Waals surface area contributed by atoms with E-state index in [-0.39, 0.29) is 6.03 Å².